The Morgan fingerprint density at radius 3 is 2.67 bits per heavy atom. The van der Waals surface area contributed by atoms with Gasteiger partial charge >= 0.3 is 0 Å². The van der Waals surface area contributed by atoms with E-state index < -0.39 is 11.2 Å². The monoisotopic (exact) mass is 350 g/mol. The smallest absolute Gasteiger partial charge is 0.250 e. The van der Waals surface area contributed by atoms with E-state index in [2.05, 4.69) is 10.4 Å². The summed E-state index contributed by atoms with van der Waals surface area (Å²) in [5.74, 6) is -0.836. The van der Waals surface area contributed by atoms with Crippen molar-refractivity contribution in [1.82, 2.24) is 15.1 Å². The van der Waals surface area contributed by atoms with Crippen LogP contribution in [0, 0.1) is 0 Å². The summed E-state index contributed by atoms with van der Waals surface area (Å²) in [6.45, 7) is 0.872. The molecule has 2 unspecified atom stereocenters. The molecule has 2 heterocycles. The van der Waals surface area contributed by atoms with Gasteiger partial charge in [-0.15, -0.1) is 0 Å². The van der Waals surface area contributed by atoms with Gasteiger partial charge < -0.3 is 11.1 Å². The van der Waals surface area contributed by atoms with E-state index >= 15 is 0 Å². The summed E-state index contributed by atoms with van der Waals surface area (Å²) in [5.41, 5.74) is 8.44. The van der Waals surface area contributed by atoms with Gasteiger partial charge in [0.05, 0.1) is 26.9 Å². The Morgan fingerprint density at radius 2 is 2.00 bits per heavy atom. The van der Waals surface area contributed by atoms with Crippen molar-refractivity contribution in [2.24, 2.45) is 5.73 Å². The third-order valence-corrected chi connectivity index (χ3v) is 5.34. The lowest BCUT2D eigenvalue weighted by Crippen LogP contribution is -2.53. The Labute approximate surface area is 161 Å². The third-order valence-electron chi connectivity index (χ3n) is 5.34. The largest absolute Gasteiger partial charge is 0.366 e. The van der Waals surface area contributed by atoms with Crippen LogP contribution >= 0.6 is 0 Å². The lowest BCUT2D eigenvalue weighted by Gasteiger charge is -2.42. The number of nitrogens with two attached hydrogens (primary N) is 1. The highest BCUT2D eigenvalue weighted by Crippen LogP contribution is 2.31. The first-order valence-corrected chi connectivity index (χ1v) is 8.87. The van der Waals surface area contributed by atoms with E-state index in [4.69, 9.17) is 29.3 Å². The van der Waals surface area contributed by atoms with Gasteiger partial charge in [0.2, 0.25) is 0 Å². The minimum Gasteiger partial charge on any atom is -0.366 e. The zero-order valence-electron chi connectivity index (χ0n) is 14.9. The molecule has 128 valence electrons. The second-order valence-corrected chi connectivity index (χ2v) is 6.99. The number of primary amides is 1. The van der Waals surface area contributed by atoms with E-state index in [1.165, 1.54) is 0 Å². The molecule has 1 amide bonds. The van der Waals surface area contributed by atoms with Crippen molar-refractivity contribution < 1.29 is 4.79 Å². The van der Waals surface area contributed by atoms with Crippen molar-refractivity contribution in [1.29, 1.82) is 0 Å². The molecule has 2 aromatic carbocycles. The molecule has 6 radical (unpaired) electrons. The van der Waals surface area contributed by atoms with Crippen LogP contribution in [0.1, 0.15) is 28.8 Å². The molecule has 27 heavy (non-hydrogen) atoms. The number of benzene rings is 2. The number of hydrogen-bond donors (Lipinski definition) is 2. The molecule has 1 aliphatic heterocycles. The van der Waals surface area contributed by atoms with Crippen molar-refractivity contribution in [2.75, 3.05) is 6.54 Å². The Bertz CT molecular complexity index is 1020. The highest BCUT2D eigenvalue weighted by atomic mass is 16.1. The highest BCUT2D eigenvalue weighted by Gasteiger charge is 2.33. The summed E-state index contributed by atoms with van der Waals surface area (Å²) < 4.78 is 1.60. The number of nitrogens with zero attached hydrogens (tertiary/aromatic N) is 2. The fourth-order valence-corrected chi connectivity index (χ4v) is 3.73. The average molecular weight is 350 g/mol. The van der Waals surface area contributed by atoms with Crippen LogP contribution in [0.4, 0.5) is 0 Å². The molecule has 0 bridgehead atoms. The molecule has 4 rings (SSSR count). The van der Waals surface area contributed by atoms with Crippen molar-refractivity contribution in [3.05, 3.63) is 53.6 Å². The number of carbonyl (C=O) groups is 1. The van der Waals surface area contributed by atoms with Gasteiger partial charge in [0.15, 0.2) is 0 Å². The number of carbonyl (C=O) groups excluding carboxylic acids is 1. The quantitative estimate of drug-likeness (QED) is 0.662. The molecule has 3 N–H and O–H groups in total. The zero-order valence-corrected chi connectivity index (χ0v) is 14.9. The van der Waals surface area contributed by atoms with Crippen molar-refractivity contribution in [3.63, 3.8) is 0 Å². The van der Waals surface area contributed by atoms with Crippen LogP contribution in [-0.2, 0) is 5.31 Å². The van der Waals surface area contributed by atoms with Crippen LogP contribution < -0.4 is 16.6 Å². The Hall–Kier alpha value is -2.47. The van der Waals surface area contributed by atoms with E-state index in [1.807, 2.05) is 30.3 Å². The topological polar surface area (TPSA) is 72.9 Å². The van der Waals surface area contributed by atoms with E-state index in [-0.39, 0.29) is 5.94 Å². The van der Waals surface area contributed by atoms with Gasteiger partial charge in [0.25, 0.3) is 5.91 Å². The summed E-state index contributed by atoms with van der Waals surface area (Å²) in [6, 6.07) is 12.9. The van der Waals surface area contributed by atoms with E-state index in [0.717, 1.165) is 30.6 Å². The maximum absolute atomic E-state index is 11.7. The van der Waals surface area contributed by atoms with Crippen molar-refractivity contribution in [3.8, 4) is 5.69 Å². The summed E-state index contributed by atoms with van der Waals surface area (Å²) in [5, 5.41) is 7.80. The molecule has 0 saturated carbocycles. The molecular weight excluding hydrogens is 333 g/mol. The van der Waals surface area contributed by atoms with Crippen LogP contribution in [0.15, 0.2) is 42.5 Å². The minimum absolute atomic E-state index is 0.299. The molecule has 1 saturated heterocycles. The summed E-state index contributed by atoms with van der Waals surface area (Å²) in [6.07, 6.45) is 1.79. The molecule has 3 aromatic rings. The second kappa shape index (κ2) is 6.61. The lowest BCUT2D eigenvalue weighted by atomic mass is 9.51. The van der Waals surface area contributed by atoms with Crippen molar-refractivity contribution in [2.45, 2.75) is 24.1 Å². The summed E-state index contributed by atoms with van der Waals surface area (Å²) in [4.78, 5) is 11.7. The van der Waals surface area contributed by atoms with Crippen LogP contribution in [-0.4, -0.2) is 51.7 Å². The molecule has 5 nitrogen and oxygen atoms in total. The molecular formula is C19H17B3N4O. The van der Waals surface area contributed by atoms with E-state index in [9.17, 15) is 4.79 Å². The number of nitrogens with one attached hydrogen (secondary N) is 1. The summed E-state index contributed by atoms with van der Waals surface area (Å²) in [7, 11) is 19.0. The Balaban J connectivity index is 1.75. The number of fused-ring (bicyclic) bond motifs is 1. The van der Waals surface area contributed by atoms with Crippen LogP contribution in [0.3, 0.4) is 0 Å². The predicted octanol–water partition coefficient (Wildman–Crippen LogP) is 0.160. The minimum atomic E-state index is -0.615. The number of amides is 1. The van der Waals surface area contributed by atoms with Gasteiger partial charge in [-0.05, 0) is 60.0 Å². The van der Waals surface area contributed by atoms with Gasteiger partial charge in [-0.25, -0.2) is 4.68 Å². The maximum Gasteiger partial charge on any atom is 0.250 e. The standard InChI is InChI=1S/C19H17B3N4O/c20-16-13-3-1-4-14(17(23)27)15(13)25-26(16)12-7-5-11(6-8-12)19(22)9-2-10-24-18(19)21/h1,3-8,18,24H,2,9-10H2,(H2,23,27). The predicted molar refractivity (Wildman–Crippen MR) is 109 cm³/mol. The maximum atomic E-state index is 11.7. The van der Waals surface area contributed by atoms with E-state index in [1.54, 1.807) is 16.8 Å². The van der Waals surface area contributed by atoms with Gasteiger partial charge in [-0.1, -0.05) is 24.3 Å². The molecule has 1 aliphatic rings. The first-order valence-electron chi connectivity index (χ1n) is 8.87. The van der Waals surface area contributed by atoms with Gasteiger partial charge in [-0.2, -0.15) is 5.10 Å². The average Bonchev–Trinajstić information content (AvgIpc) is 3.01. The van der Waals surface area contributed by atoms with Crippen LogP contribution in [0.25, 0.3) is 16.6 Å². The fourth-order valence-electron chi connectivity index (χ4n) is 3.73. The molecule has 0 aliphatic carbocycles. The number of hydrogen-bond acceptors (Lipinski definition) is 3. The number of aromatic nitrogens is 2. The van der Waals surface area contributed by atoms with Gasteiger partial charge in [-0.3, -0.25) is 4.79 Å². The Morgan fingerprint density at radius 1 is 1.26 bits per heavy atom. The molecule has 1 fully saturated rings. The number of piperidine rings is 1. The SMILES string of the molecule is [B]c1c2cccc(C(N)=O)c2nn1-c1ccc(C2([B])CCCNC2[B])cc1. The summed E-state index contributed by atoms with van der Waals surface area (Å²) >= 11 is 0. The normalized spacial score (nSPS) is 22.7. The molecule has 0 spiro atoms. The first kappa shape index (κ1) is 17.9. The van der Waals surface area contributed by atoms with Crippen LogP contribution in [0.2, 0.25) is 0 Å². The number of rotatable bonds is 3. The van der Waals surface area contributed by atoms with Crippen molar-refractivity contribution >= 4 is 45.9 Å². The van der Waals surface area contributed by atoms with E-state index in [0.29, 0.717) is 22.1 Å². The van der Waals surface area contributed by atoms with Gasteiger partial charge in [0, 0.05) is 5.39 Å². The second-order valence-electron chi connectivity index (χ2n) is 6.99. The molecule has 2 atom stereocenters. The van der Waals surface area contributed by atoms with Crippen LogP contribution in [0.5, 0.6) is 0 Å². The highest BCUT2D eigenvalue weighted by molar-refractivity contribution is 6.38. The lowest BCUT2D eigenvalue weighted by molar-refractivity contribution is 0.100. The molecule has 1 aromatic heterocycles. The first-order chi connectivity index (χ1) is 12.9. The van der Waals surface area contributed by atoms with Gasteiger partial charge in [0.1, 0.15) is 13.4 Å². The zero-order chi connectivity index (χ0) is 19.2. The third kappa shape index (κ3) is 2.88. The molecule has 8 heteroatoms. The Kier molecular flexibility index (Phi) is 4.39. The fraction of sp³-hybridized carbons (Fsp3) is 0.263.